The average Bonchev–Trinajstić information content (AvgIpc) is 3.06. The Kier molecular flexibility index (Phi) is 4.39. The summed E-state index contributed by atoms with van der Waals surface area (Å²) < 4.78 is 37.7. The molecule has 8 heteroatoms. The summed E-state index contributed by atoms with van der Waals surface area (Å²) in [5.74, 6) is -2.06. The van der Waals surface area contributed by atoms with E-state index in [0.717, 1.165) is 17.1 Å². The predicted octanol–water partition coefficient (Wildman–Crippen LogP) is 4.06. The number of nitrogens with one attached hydrogen (secondary N) is 1. The van der Waals surface area contributed by atoms with Gasteiger partial charge in [0.05, 0.1) is 28.7 Å². The lowest BCUT2D eigenvalue weighted by Gasteiger charge is -2.13. The van der Waals surface area contributed by atoms with Crippen LogP contribution in [0.5, 0.6) is 0 Å². The van der Waals surface area contributed by atoms with Crippen molar-refractivity contribution in [1.82, 2.24) is 9.59 Å². The minimum atomic E-state index is -0.777. The Morgan fingerprint density at radius 2 is 2.12 bits per heavy atom. The lowest BCUT2D eigenvalue weighted by molar-refractivity contribution is 0.0601. The highest BCUT2D eigenvalue weighted by Crippen LogP contribution is 2.33. The van der Waals surface area contributed by atoms with Crippen LogP contribution in [0, 0.1) is 11.6 Å². The third-order valence-corrected chi connectivity index (χ3v) is 4.26. The molecule has 0 atom stereocenters. The number of nitrogens with zero attached hydrogens (tertiary/aromatic N) is 2. The highest BCUT2D eigenvalue weighted by atomic mass is 32.1. The molecule has 24 heavy (non-hydrogen) atoms. The van der Waals surface area contributed by atoms with E-state index < -0.39 is 17.6 Å². The Morgan fingerprint density at radius 3 is 2.79 bits per heavy atom. The molecule has 0 fully saturated rings. The largest absolute Gasteiger partial charge is 0.465 e. The number of benzene rings is 2. The highest BCUT2D eigenvalue weighted by Gasteiger charge is 2.22. The van der Waals surface area contributed by atoms with Crippen molar-refractivity contribution < 1.29 is 18.3 Å². The first kappa shape index (κ1) is 16.3. The van der Waals surface area contributed by atoms with Crippen LogP contribution >= 0.6 is 11.5 Å². The number of hydrogen-bond donors (Lipinski definition) is 1. The van der Waals surface area contributed by atoms with Crippen molar-refractivity contribution in [2.45, 2.75) is 13.3 Å². The summed E-state index contributed by atoms with van der Waals surface area (Å²) in [7, 11) is 1.19. The van der Waals surface area contributed by atoms with Gasteiger partial charge in [0.25, 0.3) is 0 Å². The topological polar surface area (TPSA) is 64.1 Å². The van der Waals surface area contributed by atoms with Gasteiger partial charge < -0.3 is 10.1 Å². The smallest absolute Gasteiger partial charge is 0.340 e. The number of fused-ring (bicyclic) bond motifs is 1. The van der Waals surface area contributed by atoms with Crippen molar-refractivity contribution >= 4 is 39.1 Å². The first-order valence-corrected chi connectivity index (χ1v) is 7.90. The van der Waals surface area contributed by atoms with Gasteiger partial charge in [-0.15, -0.1) is 5.10 Å². The predicted molar refractivity (Wildman–Crippen MR) is 87.8 cm³/mol. The summed E-state index contributed by atoms with van der Waals surface area (Å²) in [6.07, 6.45) is 0.676. The van der Waals surface area contributed by atoms with E-state index in [4.69, 9.17) is 0 Å². The quantitative estimate of drug-likeness (QED) is 0.720. The van der Waals surface area contributed by atoms with E-state index in [0.29, 0.717) is 11.1 Å². The molecule has 3 rings (SSSR count). The molecule has 1 N–H and O–H groups in total. The number of aromatic nitrogens is 2. The van der Waals surface area contributed by atoms with Crippen LogP contribution in [0.15, 0.2) is 24.3 Å². The van der Waals surface area contributed by atoms with E-state index in [2.05, 4.69) is 19.6 Å². The molecule has 124 valence electrons. The monoisotopic (exact) mass is 349 g/mol. The van der Waals surface area contributed by atoms with Crippen molar-refractivity contribution in [3.05, 3.63) is 47.0 Å². The maximum Gasteiger partial charge on any atom is 0.340 e. The fourth-order valence-electron chi connectivity index (χ4n) is 2.29. The van der Waals surface area contributed by atoms with Crippen LogP contribution in [-0.2, 0) is 11.2 Å². The molecule has 1 aromatic heterocycles. The molecule has 0 spiro atoms. The summed E-state index contributed by atoms with van der Waals surface area (Å²) in [6, 6.07) is 6.01. The van der Waals surface area contributed by atoms with Gasteiger partial charge in [-0.05, 0) is 41.7 Å². The van der Waals surface area contributed by atoms with Crippen LogP contribution in [0.3, 0.4) is 0 Å². The number of esters is 1. The van der Waals surface area contributed by atoms with Gasteiger partial charge in [0.2, 0.25) is 0 Å². The molecule has 2 aromatic carbocycles. The fourth-order valence-corrected chi connectivity index (χ4v) is 2.89. The van der Waals surface area contributed by atoms with Crippen molar-refractivity contribution in [2.24, 2.45) is 0 Å². The zero-order chi connectivity index (χ0) is 17.3. The number of hydrogen-bond acceptors (Lipinski definition) is 6. The first-order valence-electron chi connectivity index (χ1n) is 7.13. The van der Waals surface area contributed by atoms with E-state index >= 15 is 0 Å². The second kappa shape index (κ2) is 6.48. The van der Waals surface area contributed by atoms with Crippen LogP contribution in [-0.4, -0.2) is 22.7 Å². The zero-order valence-electron chi connectivity index (χ0n) is 12.9. The molecule has 5 nitrogen and oxygen atoms in total. The Labute approximate surface area is 140 Å². The van der Waals surface area contributed by atoms with E-state index in [-0.39, 0.29) is 22.5 Å². The molecule has 3 aromatic rings. The zero-order valence-corrected chi connectivity index (χ0v) is 13.7. The highest BCUT2D eigenvalue weighted by molar-refractivity contribution is 7.13. The number of carbonyl (C=O) groups is 1. The number of methoxy groups -OCH3 is 1. The van der Waals surface area contributed by atoms with Gasteiger partial charge in [-0.2, -0.15) is 0 Å². The lowest BCUT2D eigenvalue weighted by Crippen LogP contribution is -2.08. The van der Waals surface area contributed by atoms with Gasteiger partial charge in [-0.1, -0.05) is 17.5 Å². The van der Waals surface area contributed by atoms with Crippen molar-refractivity contribution in [3.8, 4) is 0 Å². The maximum absolute atomic E-state index is 14.7. The van der Waals surface area contributed by atoms with E-state index in [1.54, 1.807) is 6.07 Å². The molecular weight excluding hydrogens is 336 g/mol. The third-order valence-electron chi connectivity index (χ3n) is 3.59. The Balaban J connectivity index is 2.13. The van der Waals surface area contributed by atoms with Crippen molar-refractivity contribution in [2.75, 3.05) is 12.4 Å². The molecule has 0 radical (unpaired) electrons. The molecule has 0 aliphatic heterocycles. The van der Waals surface area contributed by atoms with E-state index in [9.17, 15) is 13.6 Å². The van der Waals surface area contributed by atoms with E-state index in [1.165, 1.54) is 25.3 Å². The molecular formula is C16H13F2N3O2S. The van der Waals surface area contributed by atoms with Crippen LogP contribution in [0.4, 0.5) is 20.2 Å². The second-order valence-electron chi connectivity index (χ2n) is 5.02. The summed E-state index contributed by atoms with van der Waals surface area (Å²) in [6.45, 7) is 1.90. The second-order valence-corrected chi connectivity index (χ2v) is 5.80. The Hall–Kier alpha value is -2.61. The third kappa shape index (κ3) is 2.80. The molecule has 0 amide bonds. The molecule has 0 unspecified atom stereocenters. The van der Waals surface area contributed by atoms with Gasteiger partial charge in [0.15, 0.2) is 5.82 Å². The standard InChI is InChI=1S/C16H13F2N3O2S/c1-3-8-4-5-11(10(17)6-8)19-14-9(16(22)23-2)7-12-15(13(14)18)20-21-24-12/h4-7,19H,3H2,1-2H3. The molecule has 0 aliphatic rings. The average molecular weight is 349 g/mol. The van der Waals surface area contributed by atoms with Crippen molar-refractivity contribution in [3.63, 3.8) is 0 Å². The lowest BCUT2D eigenvalue weighted by atomic mass is 10.1. The Bertz CT molecular complexity index is 927. The molecule has 0 aliphatic carbocycles. The SMILES string of the molecule is CCc1ccc(Nc2c(C(=O)OC)cc3snnc3c2F)c(F)c1. The molecule has 1 heterocycles. The first-order chi connectivity index (χ1) is 11.5. The number of halogens is 2. The summed E-state index contributed by atoms with van der Waals surface area (Å²) in [4.78, 5) is 12.0. The van der Waals surface area contributed by atoms with Crippen LogP contribution in [0.25, 0.3) is 10.2 Å². The van der Waals surface area contributed by atoms with Gasteiger partial charge in [0.1, 0.15) is 11.3 Å². The van der Waals surface area contributed by atoms with Gasteiger partial charge in [-0.3, -0.25) is 0 Å². The summed E-state index contributed by atoms with van der Waals surface area (Å²) in [5.41, 5.74) is 0.642. The minimum absolute atomic E-state index is 0.0146. The van der Waals surface area contributed by atoms with Gasteiger partial charge >= 0.3 is 5.97 Å². The van der Waals surface area contributed by atoms with Crippen molar-refractivity contribution in [1.29, 1.82) is 0 Å². The Morgan fingerprint density at radius 1 is 1.33 bits per heavy atom. The van der Waals surface area contributed by atoms with Crippen LogP contribution < -0.4 is 5.32 Å². The van der Waals surface area contributed by atoms with Crippen LogP contribution in [0.1, 0.15) is 22.8 Å². The normalized spacial score (nSPS) is 10.8. The van der Waals surface area contributed by atoms with Crippen LogP contribution in [0.2, 0.25) is 0 Å². The number of aryl methyl sites for hydroxylation is 1. The summed E-state index contributed by atoms with van der Waals surface area (Å²) in [5, 5.41) is 6.35. The molecule has 0 bridgehead atoms. The number of anilines is 2. The number of ether oxygens (including phenoxy) is 1. The number of carbonyl (C=O) groups excluding carboxylic acids is 1. The fraction of sp³-hybridized carbons (Fsp3) is 0.188. The van der Waals surface area contributed by atoms with Gasteiger partial charge in [-0.25, -0.2) is 13.6 Å². The molecule has 0 saturated carbocycles. The number of rotatable bonds is 4. The summed E-state index contributed by atoms with van der Waals surface area (Å²) >= 11 is 0.956. The minimum Gasteiger partial charge on any atom is -0.465 e. The molecule has 0 saturated heterocycles. The van der Waals surface area contributed by atoms with E-state index in [1.807, 2.05) is 6.92 Å². The maximum atomic E-state index is 14.7. The van der Waals surface area contributed by atoms with Gasteiger partial charge in [0, 0.05) is 0 Å².